The van der Waals surface area contributed by atoms with Crippen molar-refractivity contribution in [1.29, 1.82) is 0 Å². The maximum Gasteiger partial charge on any atom is 0.225 e. The summed E-state index contributed by atoms with van der Waals surface area (Å²) in [4.78, 5) is 12.4. The summed E-state index contributed by atoms with van der Waals surface area (Å²) in [5.74, 6) is -4.25. The first kappa shape index (κ1) is 19.2. The highest BCUT2D eigenvalue weighted by Gasteiger charge is 2.27. The quantitative estimate of drug-likeness (QED) is 0.665. The third-order valence-corrected chi connectivity index (χ3v) is 5.04. The maximum atomic E-state index is 14.1. The van der Waals surface area contributed by atoms with Crippen LogP contribution >= 0.6 is 0 Å². The van der Waals surface area contributed by atoms with Crippen LogP contribution in [0.4, 0.5) is 17.6 Å². The largest absolute Gasteiger partial charge is 0.349 e. The Bertz CT molecular complexity index is 1060. The highest BCUT2D eigenvalue weighted by Crippen LogP contribution is 2.31. The van der Waals surface area contributed by atoms with E-state index in [1.807, 2.05) is 0 Å². The first-order valence-electron chi connectivity index (χ1n) is 9.18. The third kappa shape index (κ3) is 3.74. The number of amides is 1. The highest BCUT2D eigenvalue weighted by atomic mass is 19.1. The summed E-state index contributed by atoms with van der Waals surface area (Å²) in [5.41, 5.74) is 1.36. The van der Waals surface area contributed by atoms with Crippen LogP contribution in [-0.4, -0.2) is 15.7 Å². The van der Waals surface area contributed by atoms with Gasteiger partial charge >= 0.3 is 0 Å². The summed E-state index contributed by atoms with van der Waals surface area (Å²) < 4.78 is 56.3. The molecule has 2 aromatic carbocycles. The zero-order valence-electron chi connectivity index (χ0n) is 15.3. The number of carbonyl (C=O) groups is 1. The first-order chi connectivity index (χ1) is 13.9. The highest BCUT2D eigenvalue weighted by molar-refractivity contribution is 5.79. The number of aromatic nitrogens is 2. The predicted octanol–water partition coefficient (Wildman–Crippen LogP) is 4.17. The molecule has 0 radical (unpaired) electrons. The van der Waals surface area contributed by atoms with Gasteiger partial charge in [-0.2, -0.15) is 5.10 Å². The van der Waals surface area contributed by atoms with E-state index in [1.165, 1.54) is 10.7 Å². The molecule has 0 bridgehead atoms. The fourth-order valence-electron chi connectivity index (χ4n) is 3.68. The number of benzene rings is 2. The number of nitrogens with zero attached hydrogens (tertiary/aromatic N) is 2. The van der Waals surface area contributed by atoms with Crippen molar-refractivity contribution in [1.82, 2.24) is 15.1 Å². The van der Waals surface area contributed by atoms with Crippen molar-refractivity contribution in [2.75, 3.05) is 0 Å². The molecule has 0 unspecified atom stereocenters. The van der Waals surface area contributed by atoms with Gasteiger partial charge in [-0.15, -0.1) is 0 Å². The SMILES string of the molecule is O=C(Cc1c(F)cc(F)cc1F)N[C@@H]1CCCc2c1cnn2-c1ccccc1F. The van der Waals surface area contributed by atoms with Crippen molar-refractivity contribution < 1.29 is 22.4 Å². The third-order valence-electron chi connectivity index (χ3n) is 5.04. The van der Waals surface area contributed by atoms with E-state index in [0.29, 0.717) is 30.7 Å². The number of hydrogen-bond donors (Lipinski definition) is 1. The van der Waals surface area contributed by atoms with E-state index in [0.717, 1.165) is 17.7 Å². The van der Waals surface area contributed by atoms with Gasteiger partial charge in [0.15, 0.2) is 0 Å². The Morgan fingerprint density at radius 3 is 2.55 bits per heavy atom. The summed E-state index contributed by atoms with van der Waals surface area (Å²) in [7, 11) is 0. The lowest BCUT2D eigenvalue weighted by Crippen LogP contribution is -2.32. The van der Waals surface area contributed by atoms with E-state index in [1.54, 1.807) is 24.4 Å². The van der Waals surface area contributed by atoms with Gasteiger partial charge in [-0.05, 0) is 31.4 Å². The van der Waals surface area contributed by atoms with Crippen LogP contribution in [0.3, 0.4) is 0 Å². The lowest BCUT2D eigenvalue weighted by molar-refractivity contribution is -0.121. The Labute approximate surface area is 164 Å². The minimum absolute atomic E-state index is 0.316. The minimum atomic E-state index is -1.10. The molecule has 150 valence electrons. The summed E-state index contributed by atoms with van der Waals surface area (Å²) in [6.45, 7) is 0. The second-order valence-electron chi connectivity index (χ2n) is 6.95. The van der Waals surface area contributed by atoms with Gasteiger partial charge in [0.05, 0.1) is 18.7 Å². The molecule has 0 aliphatic heterocycles. The van der Waals surface area contributed by atoms with Crippen LogP contribution < -0.4 is 5.32 Å². The molecule has 1 aliphatic carbocycles. The lowest BCUT2D eigenvalue weighted by atomic mass is 9.92. The average molecular weight is 403 g/mol. The zero-order chi connectivity index (χ0) is 20.5. The predicted molar refractivity (Wildman–Crippen MR) is 97.4 cm³/mol. The molecule has 1 heterocycles. The summed E-state index contributed by atoms with van der Waals surface area (Å²) in [5, 5.41) is 7.03. The van der Waals surface area contributed by atoms with Gasteiger partial charge in [0, 0.05) is 29.0 Å². The number of nitrogens with one attached hydrogen (secondary N) is 1. The monoisotopic (exact) mass is 403 g/mol. The van der Waals surface area contributed by atoms with Crippen molar-refractivity contribution in [2.24, 2.45) is 0 Å². The number of fused-ring (bicyclic) bond motifs is 1. The van der Waals surface area contributed by atoms with Crippen molar-refractivity contribution in [3.8, 4) is 5.69 Å². The van der Waals surface area contributed by atoms with Gasteiger partial charge in [-0.1, -0.05) is 12.1 Å². The Morgan fingerprint density at radius 2 is 1.83 bits per heavy atom. The number of halogens is 4. The molecule has 4 nitrogen and oxygen atoms in total. The Balaban J connectivity index is 1.55. The van der Waals surface area contributed by atoms with E-state index in [9.17, 15) is 22.4 Å². The molecular weight excluding hydrogens is 386 g/mol. The van der Waals surface area contributed by atoms with Crippen LogP contribution in [0, 0.1) is 23.3 Å². The van der Waals surface area contributed by atoms with E-state index in [4.69, 9.17) is 0 Å². The van der Waals surface area contributed by atoms with Crippen molar-refractivity contribution >= 4 is 5.91 Å². The molecule has 0 spiro atoms. The molecule has 29 heavy (non-hydrogen) atoms. The van der Waals surface area contributed by atoms with Crippen molar-refractivity contribution in [3.63, 3.8) is 0 Å². The molecule has 1 N–H and O–H groups in total. The second kappa shape index (κ2) is 7.69. The number of para-hydroxylation sites is 1. The molecule has 8 heteroatoms. The maximum absolute atomic E-state index is 14.1. The average Bonchev–Trinajstić information content (AvgIpc) is 3.10. The molecule has 1 aromatic heterocycles. The zero-order valence-corrected chi connectivity index (χ0v) is 15.3. The van der Waals surface area contributed by atoms with Crippen LogP contribution in [0.2, 0.25) is 0 Å². The molecule has 1 amide bonds. The van der Waals surface area contributed by atoms with Crippen molar-refractivity contribution in [2.45, 2.75) is 31.7 Å². The number of carbonyl (C=O) groups excluding carboxylic acids is 1. The summed E-state index contributed by atoms with van der Waals surface area (Å²) in [6.07, 6.45) is 3.04. The van der Waals surface area contributed by atoms with Gasteiger partial charge in [0.1, 0.15) is 29.0 Å². The van der Waals surface area contributed by atoms with Crippen molar-refractivity contribution in [3.05, 3.63) is 82.7 Å². The van der Waals surface area contributed by atoms with Gasteiger partial charge in [-0.3, -0.25) is 4.79 Å². The molecule has 4 rings (SSSR count). The molecule has 0 saturated carbocycles. The summed E-state index contributed by atoms with van der Waals surface area (Å²) in [6, 6.07) is 6.94. The van der Waals surface area contributed by atoms with Gasteiger partial charge < -0.3 is 5.32 Å². The van der Waals surface area contributed by atoms with Crippen LogP contribution in [0.5, 0.6) is 0 Å². The molecule has 1 aliphatic rings. The molecule has 0 fully saturated rings. The van der Waals surface area contributed by atoms with Gasteiger partial charge in [-0.25, -0.2) is 22.2 Å². The van der Waals surface area contributed by atoms with E-state index in [-0.39, 0.29) is 0 Å². The number of rotatable bonds is 4. The molecule has 1 atom stereocenters. The Morgan fingerprint density at radius 1 is 1.10 bits per heavy atom. The van der Waals surface area contributed by atoms with Gasteiger partial charge in [0.2, 0.25) is 5.91 Å². The molecular formula is C21H17F4N3O. The Hall–Kier alpha value is -3.16. The Kier molecular flexibility index (Phi) is 5.08. The fraction of sp³-hybridized carbons (Fsp3) is 0.238. The second-order valence-corrected chi connectivity index (χ2v) is 6.95. The topological polar surface area (TPSA) is 46.9 Å². The van der Waals surface area contributed by atoms with E-state index in [2.05, 4.69) is 10.4 Å². The van der Waals surface area contributed by atoms with Gasteiger partial charge in [0.25, 0.3) is 0 Å². The van der Waals surface area contributed by atoms with E-state index >= 15 is 0 Å². The molecule has 3 aromatic rings. The lowest BCUT2D eigenvalue weighted by Gasteiger charge is -2.24. The van der Waals surface area contributed by atoms with E-state index < -0.39 is 47.2 Å². The smallest absolute Gasteiger partial charge is 0.225 e. The van der Waals surface area contributed by atoms with Crippen LogP contribution in [0.1, 0.15) is 35.7 Å². The van der Waals surface area contributed by atoms with Crippen LogP contribution in [0.25, 0.3) is 5.69 Å². The molecule has 0 saturated heterocycles. The van der Waals surface area contributed by atoms with Crippen LogP contribution in [-0.2, 0) is 17.6 Å². The standard InChI is InChI=1S/C21H17F4N3O/c22-12-8-16(24)13(17(25)9-12)10-21(29)27-18-5-3-7-19-14(18)11-26-28(19)20-6-2-1-4-15(20)23/h1-2,4,6,8-9,11,18H,3,5,7,10H2,(H,27,29)/t18-/m1/s1. The summed E-state index contributed by atoms with van der Waals surface area (Å²) >= 11 is 0. The minimum Gasteiger partial charge on any atom is -0.349 e. The fourth-order valence-corrected chi connectivity index (χ4v) is 3.68. The van der Waals surface area contributed by atoms with Crippen LogP contribution in [0.15, 0.2) is 42.6 Å². The normalized spacial score (nSPS) is 15.8. The first-order valence-corrected chi connectivity index (χ1v) is 9.18. The number of hydrogen-bond acceptors (Lipinski definition) is 2.